The van der Waals surface area contributed by atoms with Gasteiger partial charge in [0.15, 0.2) is 0 Å². The number of likely N-dealkylation sites (N-methyl/N-ethyl adjacent to an activating group) is 1. The van der Waals surface area contributed by atoms with Crippen molar-refractivity contribution >= 4 is 45.7 Å². The smallest absolute Gasteiger partial charge is 0.243 e. The number of hydrogen-bond donors (Lipinski definition) is 4. The topological polar surface area (TPSA) is 140 Å². The summed E-state index contributed by atoms with van der Waals surface area (Å²) in [5, 5.41) is 14.0. The minimum Gasteiger partial charge on any atom is -0.398 e. The zero-order chi connectivity index (χ0) is 27.8. The number of nitrogens with two attached hydrogens (primary N) is 1. The lowest BCUT2D eigenvalue weighted by Gasteiger charge is -2.34. The third-order valence-electron chi connectivity index (χ3n) is 6.65. The molecule has 39 heavy (non-hydrogen) atoms. The predicted octanol–water partition coefficient (Wildman–Crippen LogP) is 3.27. The molecule has 0 spiro atoms. The molecule has 10 nitrogen and oxygen atoms in total. The Morgan fingerprint density at radius 2 is 1.74 bits per heavy atom. The molecule has 0 atom stereocenters. The van der Waals surface area contributed by atoms with Crippen LogP contribution in [-0.4, -0.2) is 80.1 Å². The summed E-state index contributed by atoms with van der Waals surface area (Å²) in [6, 6.07) is 12.2. The number of nitrogens with one attached hydrogen (secondary N) is 3. The molecule has 0 radical (unpaired) electrons. The first-order valence-electron chi connectivity index (χ1n) is 12.9. The van der Waals surface area contributed by atoms with Gasteiger partial charge < -0.3 is 26.7 Å². The van der Waals surface area contributed by atoms with E-state index < -0.39 is 10.0 Å². The molecule has 0 aliphatic carbocycles. The van der Waals surface area contributed by atoms with E-state index in [2.05, 4.69) is 20.6 Å². The Morgan fingerprint density at radius 1 is 1.05 bits per heavy atom. The molecule has 1 aromatic heterocycles. The highest BCUT2D eigenvalue weighted by Crippen LogP contribution is 2.25. The Balaban J connectivity index is 1.44. The van der Waals surface area contributed by atoms with Gasteiger partial charge in [0.05, 0.1) is 4.90 Å². The molecular formula is C28H36N8O2S. The summed E-state index contributed by atoms with van der Waals surface area (Å²) in [6.07, 6.45) is 9.94. The number of benzene rings is 2. The predicted molar refractivity (Wildman–Crippen MR) is 158 cm³/mol. The van der Waals surface area contributed by atoms with Gasteiger partial charge in [0, 0.05) is 60.2 Å². The Labute approximate surface area is 230 Å². The highest BCUT2D eigenvalue weighted by Gasteiger charge is 2.32. The maximum absolute atomic E-state index is 13.6. The molecule has 1 aliphatic rings. The normalized spacial score (nSPS) is 14.8. The van der Waals surface area contributed by atoms with Crippen LogP contribution < -0.4 is 16.4 Å². The minimum atomic E-state index is -3.64. The van der Waals surface area contributed by atoms with Gasteiger partial charge in [0.2, 0.25) is 16.0 Å². The lowest BCUT2D eigenvalue weighted by atomic mass is 10.1. The number of nitrogens with zero attached hydrogens (tertiary/aromatic N) is 4. The molecule has 1 fully saturated rings. The van der Waals surface area contributed by atoms with E-state index in [0.29, 0.717) is 36.0 Å². The average Bonchev–Trinajstić information content (AvgIpc) is 2.93. The third-order valence-corrected chi connectivity index (χ3v) is 8.61. The molecule has 1 aliphatic heterocycles. The van der Waals surface area contributed by atoms with Crippen molar-refractivity contribution in [1.29, 1.82) is 5.41 Å². The number of hydrogen-bond acceptors (Lipinski definition) is 9. The fourth-order valence-electron chi connectivity index (χ4n) is 4.46. The van der Waals surface area contributed by atoms with E-state index in [1.807, 2.05) is 43.3 Å². The van der Waals surface area contributed by atoms with Crippen molar-refractivity contribution < 1.29 is 8.42 Å². The molecule has 5 N–H and O–H groups in total. The molecule has 11 heteroatoms. The summed E-state index contributed by atoms with van der Waals surface area (Å²) < 4.78 is 28.8. The maximum atomic E-state index is 13.6. The van der Waals surface area contributed by atoms with Gasteiger partial charge >= 0.3 is 0 Å². The van der Waals surface area contributed by atoms with Crippen LogP contribution in [0.5, 0.6) is 0 Å². The molecule has 3 aromatic rings. The van der Waals surface area contributed by atoms with Crippen LogP contribution in [0.3, 0.4) is 0 Å². The van der Waals surface area contributed by atoms with Crippen molar-refractivity contribution in [2.24, 2.45) is 0 Å². The van der Waals surface area contributed by atoms with Crippen molar-refractivity contribution in [2.45, 2.75) is 23.8 Å². The molecule has 4 rings (SSSR count). The molecule has 0 saturated carbocycles. The Hall–Kier alpha value is -3.64. The van der Waals surface area contributed by atoms with Gasteiger partial charge in [-0.15, -0.1) is 0 Å². The highest BCUT2D eigenvalue weighted by molar-refractivity contribution is 7.89. The van der Waals surface area contributed by atoms with E-state index in [-0.39, 0.29) is 10.9 Å². The first-order valence-corrected chi connectivity index (χ1v) is 14.4. The second-order valence-corrected chi connectivity index (χ2v) is 11.6. The average molecular weight is 549 g/mol. The van der Waals surface area contributed by atoms with Gasteiger partial charge in [-0.1, -0.05) is 24.3 Å². The first-order chi connectivity index (χ1) is 18.8. The van der Waals surface area contributed by atoms with Crippen molar-refractivity contribution in [3.05, 3.63) is 71.5 Å². The van der Waals surface area contributed by atoms with Gasteiger partial charge in [0.25, 0.3) is 0 Å². The minimum absolute atomic E-state index is 0.00842. The molecule has 2 aromatic carbocycles. The van der Waals surface area contributed by atoms with Gasteiger partial charge in [-0.05, 0) is 75.9 Å². The van der Waals surface area contributed by atoms with Gasteiger partial charge in [-0.25, -0.2) is 18.4 Å². The first kappa shape index (κ1) is 28.4. The van der Waals surface area contributed by atoms with Gasteiger partial charge in [-0.3, -0.25) is 0 Å². The summed E-state index contributed by atoms with van der Waals surface area (Å²) in [7, 11) is 0.263. The number of piperidine rings is 1. The van der Waals surface area contributed by atoms with Crippen LogP contribution in [0, 0.1) is 5.41 Å². The summed E-state index contributed by atoms with van der Waals surface area (Å²) >= 11 is 0. The number of anilines is 3. The van der Waals surface area contributed by atoms with Crippen molar-refractivity contribution in [3.63, 3.8) is 0 Å². The fourth-order valence-corrected chi connectivity index (χ4v) is 6.13. The molecule has 206 valence electrons. The monoisotopic (exact) mass is 548 g/mol. The zero-order valence-electron chi connectivity index (χ0n) is 22.3. The summed E-state index contributed by atoms with van der Waals surface area (Å²) in [5.41, 5.74) is 9.47. The maximum Gasteiger partial charge on any atom is 0.243 e. The summed E-state index contributed by atoms with van der Waals surface area (Å²) in [6.45, 7) is 2.76. The molecule has 1 saturated heterocycles. The van der Waals surface area contributed by atoms with E-state index in [1.54, 1.807) is 47.0 Å². The van der Waals surface area contributed by atoms with Gasteiger partial charge in [-0.2, -0.15) is 4.31 Å². The molecule has 0 amide bonds. The Bertz CT molecular complexity index is 1380. The molecule has 0 bridgehead atoms. The highest BCUT2D eigenvalue weighted by atomic mass is 32.2. The standard InChI is InChI=1S/C28H36N8O2S/c1-35(2)16-17-36(24-12-14-31-15-13-24)39(37,38)25-10-8-23(9-11-25)34-28-32-19-21(20-33-28)6-7-22-4-3-5-27(30)26(22)18-29/h3-11,18-20,24,29,31H,12-17,30H2,1-2H3,(H,32,33,34)/b7-6+,29-18?. The van der Waals surface area contributed by atoms with Crippen LogP contribution >= 0.6 is 0 Å². The molecular weight excluding hydrogens is 512 g/mol. The van der Waals surface area contributed by atoms with Crippen molar-refractivity contribution in [3.8, 4) is 0 Å². The third kappa shape index (κ3) is 7.27. The van der Waals surface area contributed by atoms with E-state index in [9.17, 15) is 8.42 Å². The van der Waals surface area contributed by atoms with Crippen LogP contribution in [-0.2, 0) is 10.0 Å². The number of rotatable bonds is 11. The quantitative estimate of drug-likeness (QED) is 0.211. The van der Waals surface area contributed by atoms with Crippen LogP contribution in [0.2, 0.25) is 0 Å². The molecule has 0 unspecified atom stereocenters. The zero-order valence-corrected chi connectivity index (χ0v) is 23.2. The Morgan fingerprint density at radius 3 is 2.38 bits per heavy atom. The van der Waals surface area contributed by atoms with Crippen molar-refractivity contribution in [1.82, 2.24) is 24.5 Å². The summed E-state index contributed by atoms with van der Waals surface area (Å²) in [5.74, 6) is 0.397. The Kier molecular flexibility index (Phi) is 9.41. The number of nitrogen functional groups attached to an aromatic ring is 1. The van der Waals surface area contributed by atoms with Crippen LogP contribution in [0.4, 0.5) is 17.3 Å². The fraction of sp³-hybridized carbons (Fsp3) is 0.321. The van der Waals surface area contributed by atoms with E-state index in [0.717, 1.165) is 37.1 Å². The van der Waals surface area contributed by atoms with E-state index in [1.165, 1.54) is 6.21 Å². The largest absolute Gasteiger partial charge is 0.398 e. The van der Waals surface area contributed by atoms with E-state index >= 15 is 0 Å². The van der Waals surface area contributed by atoms with Crippen LogP contribution in [0.25, 0.3) is 12.2 Å². The van der Waals surface area contributed by atoms with Crippen molar-refractivity contribution in [2.75, 3.05) is 51.3 Å². The summed E-state index contributed by atoms with van der Waals surface area (Å²) in [4.78, 5) is 11.0. The van der Waals surface area contributed by atoms with Crippen LogP contribution in [0.1, 0.15) is 29.5 Å². The van der Waals surface area contributed by atoms with Crippen LogP contribution in [0.15, 0.2) is 59.8 Å². The second-order valence-electron chi connectivity index (χ2n) is 9.72. The lowest BCUT2D eigenvalue weighted by molar-refractivity contribution is 0.240. The molecule has 2 heterocycles. The SMILES string of the molecule is CN(C)CCN(C1CCNCC1)S(=O)(=O)c1ccc(Nc2ncc(/C=C/c3cccc(N)c3C=N)cn2)cc1. The van der Waals surface area contributed by atoms with E-state index in [4.69, 9.17) is 11.1 Å². The van der Waals surface area contributed by atoms with Gasteiger partial charge in [0.1, 0.15) is 0 Å². The number of aromatic nitrogens is 2. The number of sulfonamides is 1. The lowest BCUT2D eigenvalue weighted by Crippen LogP contribution is -2.48. The second kappa shape index (κ2) is 12.9.